The van der Waals surface area contributed by atoms with Crippen molar-refractivity contribution in [3.63, 3.8) is 0 Å². The highest BCUT2D eigenvalue weighted by Gasteiger charge is 2.32. The summed E-state index contributed by atoms with van der Waals surface area (Å²) < 4.78 is 33.0. The van der Waals surface area contributed by atoms with E-state index in [1.165, 1.54) is 19.3 Å². The summed E-state index contributed by atoms with van der Waals surface area (Å²) in [6, 6.07) is 8.43. The molecule has 0 amide bonds. The maximum atomic E-state index is 14.0. The van der Waals surface area contributed by atoms with E-state index in [0.29, 0.717) is 48.3 Å². The van der Waals surface area contributed by atoms with Gasteiger partial charge in [-0.25, -0.2) is 10.1 Å². The molecule has 0 saturated heterocycles. The van der Waals surface area contributed by atoms with Crippen LogP contribution >= 0.6 is 7.52 Å². The summed E-state index contributed by atoms with van der Waals surface area (Å²) in [5, 5.41) is 6.27. The summed E-state index contributed by atoms with van der Waals surface area (Å²) in [5.74, 6) is 0.752. The van der Waals surface area contributed by atoms with Gasteiger partial charge in [0, 0.05) is 12.6 Å². The maximum Gasteiger partial charge on any atom is 0.342 e. The Balaban J connectivity index is 1.34. The number of imidazole rings is 1. The summed E-state index contributed by atoms with van der Waals surface area (Å²) in [6.07, 6.45) is 10.5. The molecule has 1 aliphatic rings. The van der Waals surface area contributed by atoms with Crippen molar-refractivity contribution in [1.29, 1.82) is 0 Å². The van der Waals surface area contributed by atoms with Crippen LogP contribution in [0.25, 0.3) is 11.2 Å². The summed E-state index contributed by atoms with van der Waals surface area (Å²) in [7, 11) is -3.66. The number of para-hydroxylation sites is 1. The van der Waals surface area contributed by atoms with Crippen LogP contribution in [0.3, 0.4) is 0 Å². The molecular formula is C29H44N7O5P. The quantitative estimate of drug-likeness (QED) is 0.0854. The number of nitrogen functional groups attached to an aromatic ring is 1. The number of nitrogens with one attached hydrogen (secondary N) is 2. The van der Waals surface area contributed by atoms with Gasteiger partial charge in [0.1, 0.15) is 18.1 Å². The van der Waals surface area contributed by atoms with Crippen LogP contribution in [0.1, 0.15) is 71.6 Å². The second-order valence-electron chi connectivity index (χ2n) is 10.6. The number of unbranched alkanes of at least 4 members (excludes halogenated alkanes) is 5. The third-order valence-electron chi connectivity index (χ3n) is 6.92. The number of aromatic nitrogens is 4. The third-order valence-corrected chi connectivity index (χ3v) is 8.65. The number of benzene rings is 1. The van der Waals surface area contributed by atoms with Crippen LogP contribution in [-0.4, -0.2) is 57.1 Å². The van der Waals surface area contributed by atoms with E-state index < -0.39 is 19.5 Å². The molecule has 4 rings (SSSR count). The van der Waals surface area contributed by atoms with Gasteiger partial charge in [0.25, 0.3) is 0 Å². The minimum atomic E-state index is -3.66. The Morgan fingerprint density at radius 2 is 1.86 bits per heavy atom. The van der Waals surface area contributed by atoms with Gasteiger partial charge in [-0.05, 0) is 37.8 Å². The van der Waals surface area contributed by atoms with Crippen molar-refractivity contribution < 1.29 is 23.4 Å². The molecule has 2 heterocycles. The summed E-state index contributed by atoms with van der Waals surface area (Å²) >= 11 is 0. The molecule has 0 bridgehead atoms. The lowest BCUT2D eigenvalue weighted by Gasteiger charge is -2.25. The number of carbonyl (C=O) groups is 1. The fraction of sp³-hybridized carbons (Fsp3) is 0.586. The third kappa shape index (κ3) is 9.68. The zero-order valence-corrected chi connectivity index (χ0v) is 25.6. The van der Waals surface area contributed by atoms with Crippen LogP contribution in [0.4, 0.5) is 11.8 Å². The molecule has 1 aliphatic carbocycles. The summed E-state index contributed by atoms with van der Waals surface area (Å²) in [4.78, 5) is 26.0. The predicted octanol–water partition coefficient (Wildman–Crippen LogP) is 5.50. The molecule has 0 aliphatic heterocycles. The Bertz CT molecular complexity index is 1320. The molecule has 42 heavy (non-hydrogen) atoms. The van der Waals surface area contributed by atoms with E-state index in [-0.39, 0.29) is 18.9 Å². The molecule has 12 nitrogen and oxygen atoms in total. The van der Waals surface area contributed by atoms with Crippen molar-refractivity contribution in [3.8, 4) is 5.75 Å². The average molecular weight is 602 g/mol. The second-order valence-corrected chi connectivity index (χ2v) is 12.6. The van der Waals surface area contributed by atoms with E-state index in [9.17, 15) is 9.36 Å². The standard InChI is InChI=1S/C29H44N7O5P/c1-3-5-6-7-8-12-18-40-28(37)24(4-2)35-42(38,41-23-13-10-9-11-14-23)21-39-19-17-36-20-31-25-26(32-22-15-16-22)33-29(30)34-27(25)36/h9-11,13-14,20,22,24H,3-8,12,15-19,21H2,1-2H3,(H,35,38)(H3,30,32,33,34)/t24-,42?/m0/s1. The van der Waals surface area contributed by atoms with E-state index in [1.807, 2.05) is 17.6 Å². The Hall–Kier alpha value is -3.21. The number of hydrogen-bond acceptors (Lipinski definition) is 10. The highest BCUT2D eigenvalue weighted by atomic mass is 31.2. The van der Waals surface area contributed by atoms with Gasteiger partial charge in [0.05, 0.1) is 19.5 Å². The number of hydrogen-bond donors (Lipinski definition) is 3. The molecule has 0 radical (unpaired) electrons. The Labute approximate surface area is 247 Å². The molecule has 230 valence electrons. The monoisotopic (exact) mass is 601 g/mol. The van der Waals surface area contributed by atoms with Crippen LogP contribution in [0.15, 0.2) is 36.7 Å². The lowest BCUT2D eigenvalue weighted by molar-refractivity contribution is -0.145. The van der Waals surface area contributed by atoms with Crippen molar-refractivity contribution in [2.75, 3.05) is 30.6 Å². The van der Waals surface area contributed by atoms with Gasteiger partial charge in [-0.3, -0.25) is 9.36 Å². The number of rotatable bonds is 20. The minimum absolute atomic E-state index is 0.160. The SMILES string of the molecule is CCCCCCCCOC(=O)[C@H](CC)NP(=O)(COCCn1cnc2c(NC3CC3)nc(N)nc21)Oc1ccccc1. The molecule has 3 aromatic rings. The van der Waals surface area contributed by atoms with Gasteiger partial charge < -0.3 is 29.6 Å². The first-order valence-electron chi connectivity index (χ1n) is 15.0. The number of carbonyl (C=O) groups excluding carboxylic acids is 1. The molecule has 2 atom stereocenters. The second kappa shape index (κ2) is 15.9. The largest absolute Gasteiger partial charge is 0.465 e. The zero-order valence-electron chi connectivity index (χ0n) is 24.7. The van der Waals surface area contributed by atoms with E-state index >= 15 is 0 Å². The normalized spacial score (nSPS) is 15.3. The van der Waals surface area contributed by atoms with Gasteiger partial charge in [0.2, 0.25) is 5.95 Å². The predicted molar refractivity (Wildman–Crippen MR) is 163 cm³/mol. The smallest absolute Gasteiger partial charge is 0.342 e. The van der Waals surface area contributed by atoms with E-state index in [1.54, 1.807) is 30.6 Å². The van der Waals surface area contributed by atoms with E-state index in [0.717, 1.165) is 32.1 Å². The molecular weight excluding hydrogens is 557 g/mol. The van der Waals surface area contributed by atoms with Gasteiger partial charge in [-0.1, -0.05) is 64.2 Å². The van der Waals surface area contributed by atoms with E-state index in [2.05, 4.69) is 32.3 Å². The first kappa shape index (κ1) is 31.7. The fourth-order valence-electron chi connectivity index (χ4n) is 4.44. The highest BCUT2D eigenvalue weighted by molar-refractivity contribution is 7.57. The summed E-state index contributed by atoms with van der Waals surface area (Å²) in [6.45, 7) is 4.94. The van der Waals surface area contributed by atoms with Crippen molar-refractivity contribution >= 4 is 36.4 Å². The first-order chi connectivity index (χ1) is 20.4. The number of anilines is 2. The van der Waals surface area contributed by atoms with Crippen molar-refractivity contribution in [3.05, 3.63) is 36.7 Å². The molecule has 1 fully saturated rings. The number of ether oxygens (including phenoxy) is 2. The van der Waals surface area contributed by atoms with Crippen LogP contribution < -0.4 is 20.7 Å². The minimum Gasteiger partial charge on any atom is -0.465 e. The van der Waals surface area contributed by atoms with Crippen LogP contribution in [-0.2, 0) is 25.4 Å². The fourth-order valence-corrected chi connectivity index (χ4v) is 6.21. The van der Waals surface area contributed by atoms with Crippen molar-refractivity contribution in [2.45, 2.75) is 90.3 Å². The van der Waals surface area contributed by atoms with Crippen LogP contribution in [0.2, 0.25) is 0 Å². The molecule has 0 spiro atoms. The molecule has 4 N–H and O–H groups in total. The molecule has 1 saturated carbocycles. The van der Waals surface area contributed by atoms with Crippen LogP contribution in [0.5, 0.6) is 5.75 Å². The first-order valence-corrected chi connectivity index (χ1v) is 16.8. The van der Waals surface area contributed by atoms with Crippen molar-refractivity contribution in [2.24, 2.45) is 0 Å². The van der Waals surface area contributed by atoms with E-state index in [4.69, 9.17) is 19.7 Å². The Morgan fingerprint density at radius 3 is 2.60 bits per heavy atom. The van der Waals surface area contributed by atoms with Gasteiger partial charge >= 0.3 is 13.5 Å². The molecule has 1 unspecified atom stereocenters. The Morgan fingerprint density at radius 1 is 1.10 bits per heavy atom. The van der Waals surface area contributed by atoms with Gasteiger partial charge in [-0.15, -0.1) is 0 Å². The summed E-state index contributed by atoms with van der Waals surface area (Å²) in [5.41, 5.74) is 7.18. The molecule has 1 aromatic carbocycles. The highest BCUT2D eigenvalue weighted by Crippen LogP contribution is 2.44. The van der Waals surface area contributed by atoms with Crippen LogP contribution in [0, 0.1) is 0 Å². The van der Waals surface area contributed by atoms with Gasteiger partial charge in [-0.2, -0.15) is 9.97 Å². The zero-order chi connectivity index (χ0) is 29.8. The number of nitrogens with two attached hydrogens (primary N) is 1. The Kier molecular flexibility index (Phi) is 12.0. The maximum absolute atomic E-state index is 14.0. The number of fused-ring (bicyclic) bond motifs is 1. The number of esters is 1. The molecule has 2 aromatic heterocycles. The average Bonchev–Trinajstić information content (AvgIpc) is 3.71. The van der Waals surface area contributed by atoms with Crippen molar-refractivity contribution in [1.82, 2.24) is 24.6 Å². The number of nitrogens with zero attached hydrogens (tertiary/aromatic N) is 4. The molecule has 13 heteroatoms. The lowest BCUT2D eigenvalue weighted by Crippen LogP contribution is -2.37. The lowest BCUT2D eigenvalue weighted by atomic mass is 10.1. The topological polar surface area (TPSA) is 156 Å². The van der Waals surface area contributed by atoms with Gasteiger partial charge in [0.15, 0.2) is 17.0 Å².